The highest BCUT2D eigenvalue weighted by atomic mass is 32.2. The lowest BCUT2D eigenvalue weighted by Gasteiger charge is -2.10. The van der Waals surface area contributed by atoms with Crippen LogP contribution in [0.4, 0.5) is 0 Å². The van der Waals surface area contributed by atoms with Gasteiger partial charge in [-0.05, 0) is 31.5 Å². The van der Waals surface area contributed by atoms with Gasteiger partial charge in [-0.1, -0.05) is 0 Å². The lowest BCUT2D eigenvalue weighted by Crippen LogP contribution is -2.35. The number of hydrogen-bond acceptors (Lipinski definition) is 5. The molecule has 1 aromatic heterocycles. The van der Waals surface area contributed by atoms with E-state index in [0.29, 0.717) is 34.5 Å². The van der Waals surface area contributed by atoms with Gasteiger partial charge in [0.25, 0.3) is 5.91 Å². The molecule has 118 valence electrons. The molecular formula is C15H17NO5S. The fourth-order valence-electron chi connectivity index (χ4n) is 2.77. The number of carbonyl (C=O) groups excluding carboxylic acids is 1. The number of benzene rings is 1. The van der Waals surface area contributed by atoms with E-state index in [0.717, 1.165) is 0 Å². The molecule has 1 aliphatic rings. The van der Waals surface area contributed by atoms with E-state index in [1.807, 2.05) is 0 Å². The molecule has 6 nitrogen and oxygen atoms in total. The van der Waals surface area contributed by atoms with E-state index in [1.54, 1.807) is 32.2 Å². The van der Waals surface area contributed by atoms with Crippen LogP contribution in [0, 0.1) is 6.92 Å². The summed E-state index contributed by atoms with van der Waals surface area (Å²) in [5.74, 6) is 0.937. The van der Waals surface area contributed by atoms with Crippen molar-refractivity contribution in [1.29, 1.82) is 0 Å². The second-order valence-corrected chi connectivity index (χ2v) is 7.70. The van der Waals surface area contributed by atoms with E-state index in [2.05, 4.69) is 5.32 Å². The first-order chi connectivity index (χ1) is 10.4. The first-order valence-corrected chi connectivity index (χ1v) is 8.80. The number of furan rings is 1. The van der Waals surface area contributed by atoms with E-state index in [1.165, 1.54) is 0 Å². The Kier molecular flexibility index (Phi) is 3.60. The summed E-state index contributed by atoms with van der Waals surface area (Å²) in [5, 5.41) is 3.45. The first-order valence-electron chi connectivity index (χ1n) is 6.98. The molecule has 0 spiro atoms. The van der Waals surface area contributed by atoms with Crippen LogP contribution in [0.5, 0.6) is 5.75 Å². The average Bonchev–Trinajstić information content (AvgIpc) is 2.96. The van der Waals surface area contributed by atoms with Gasteiger partial charge < -0.3 is 14.5 Å². The van der Waals surface area contributed by atoms with E-state index in [-0.39, 0.29) is 23.5 Å². The van der Waals surface area contributed by atoms with Gasteiger partial charge in [0.1, 0.15) is 17.1 Å². The molecule has 0 unspecified atom stereocenters. The number of ether oxygens (including phenoxy) is 1. The molecule has 7 heteroatoms. The molecule has 1 aliphatic heterocycles. The summed E-state index contributed by atoms with van der Waals surface area (Å²) in [6, 6.07) is 4.91. The zero-order valence-corrected chi connectivity index (χ0v) is 13.2. The van der Waals surface area contributed by atoms with Crippen molar-refractivity contribution in [1.82, 2.24) is 5.32 Å². The van der Waals surface area contributed by atoms with Gasteiger partial charge >= 0.3 is 0 Å². The molecule has 2 heterocycles. The van der Waals surface area contributed by atoms with Crippen LogP contribution in [0.1, 0.15) is 22.5 Å². The maximum absolute atomic E-state index is 12.5. The Balaban J connectivity index is 1.92. The highest BCUT2D eigenvalue weighted by Gasteiger charge is 2.30. The van der Waals surface area contributed by atoms with Crippen LogP contribution in [0.3, 0.4) is 0 Å². The van der Waals surface area contributed by atoms with Gasteiger partial charge in [-0.3, -0.25) is 4.79 Å². The quantitative estimate of drug-likeness (QED) is 0.928. The van der Waals surface area contributed by atoms with Crippen molar-refractivity contribution in [3.63, 3.8) is 0 Å². The van der Waals surface area contributed by atoms with Crippen LogP contribution >= 0.6 is 0 Å². The lowest BCUT2D eigenvalue weighted by molar-refractivity contribution is 0.0941. The number of nitrogens with one attached hydrogen (secondary N) is 1. The standard InChI is InChI=1S/C15H17NO5S/c1-9-14(12-7-11(20-2)3-4-13(12)21-9)15(17)16-10-5-6-22(18,19)8-10/h3-4,7,10H,5-6,8H2,1-2H3,(H,16,17)/t10-/m1/s1. The zero-order chi connectivity index (χ0) is 15.9. The van der Waals surface area contributed by atoms with Crippen molar-refractivity contribution in [2.45, 2.75) is 19.4 Å². The molecule has 0 saturated carbocycles. The number of rotatable bonds is 3. The number of carbonyl (C=O) groups is 1. The van der Waals surface area contributed by atoms with Crippen LogP contribution in [0.15, 0.2) is 22.6 Å². The maximum atomic E-state index is 12.5. The first kappa shape index (κ1) is 14.9. The van der Waals surface area contributed by atoms with Crippen molar-refractivity contribution in [3.05, 3.63) is 29.5 Å². The van der Waals surface area contributed by atoms with E-state index >= 15 is 0 Å². The van der Waals surface area contributed by atoms with Gasteiger partial charge in [0, 0.05) is 11.4 Å². The molecule has 0 aliphatic carbocycles. The van der Waals surface area contributed by atoms with Gasteiger partial charge in [-0.2, -0.15) is 0 Å². The van der Waals surface area contributed by atoms with Crippen molar-refractivity contribution in [3.8, 4) is 5.75 Å². The van der Waals surface area contributed by atoms with Crippen LogP contribution < -0.4 is 10.1 Å². The summed E-state index contributed by atoms with van der Waals surface area (Å²) in [6.45, 7) is 1.72. The summed E-state index contributed by atoms with van der Waals surface area (Å²) in [7, 11) is -1.48. The minimum Gasteiger partial charge on any atom is -0.497 e. The number of sulfone groups is 1. The van der Waals surface area contributed by atoms with Crippen LogP contribution in [-0.4, -0.2) is 39.0 Å². The minimum absolute atomic E-state index is 0.00308. The van der Waals surface area contributed by atoms with E-state index < -0.39 is 9.84 Å². The molecular weight excluding hydrogens is 306 g/mol. The molecule has 3 rings (SSSR count). The van der Waals surface area contributed by atoms with Gasteiger partial charge in [-0.15, -0.1) is 0 Å². The molecule has 1 aromatic carbocycles. The Morgan fingerprint density at radius 2 is 2.18 bits per heavy atom. The predicted octanol–water partition coefficient (Wildman–Crippen LogP) is 1.67. The smallest absolute Gasteiger partial charge is 0.255 e. The van der Waals surface area contributed by atoms with Crippen LogP contribution in [0.25, 0.3) is 11.0 Å². The third-order valence-corrected chi connectivity index (χ3v) is 5.63. The fraction of sp³-hybridized carbons (Fsp3) is 0.400. The van der Waals surface area contributed by atoms with Crippen molar-refractivity contribution in [2.75, 3.05) is 18.6 Å². The van der Waals surface area contributed by atoms with Crippen molar-refractivity contribution >= 4 is 26.7 Å². The molecule has 1 fully saturated rings. The third-order valence-electron chi connectivity index (χ3n) is 3.87. The van der Waals surface area contributed by atoms with Gasteiger partial charge in [0.05, 0.1) is 24.2 Å². The Morgan fingerprint density at radius 1 is 1.41 bits per heavy atom. The average molecular weight is 323 g/mol. The van der Waals surface area contributed by atoms with Crippen molar-refractivity contribution in [2.24, 2.45) is 0 Å². The fourth-order valence-corrected chi connectivity index (χ4v) is 4.45. The summed E-state index contributed by atoms with van der Waals surface area (Å²) < 4.78 is 33.7. The third kappa shape index (κ3) is 2.68. The Labute approximate surface area is 128 Å². The Hall–Kier alpha value is -2.02. The van der Waals surface area contributed by atoms with Crippen molar-refractivity contribution < 1.29 is 22.4 Å². The predicted molar refractivity (Wildman–Crippen MR) is 82.0 cm³/mol. The maximum Gasteiger partial charge on any atom is 0.255 e. The molecule has 1 N–H and O–H groups in total. The number of hydrogen-bond donors (Lipinski definition) is 1. The van der Waals surface area contributed by atoms with Crippen LogP contribution in [-0.2, 0) is 9.84 Å². The van der Waals surface area contributed by atoms with Gasteiger partial charge in [-0.25, -0.2) is 8.42 Å². The van der Waals surface area contributed by atoms with E-state index in [9.17, 15) is 13.2 Å². The largest absolute Gasteiger partial charge is 0.497 e. The topological polar surface area (TPSA) is 85.6 Å². The number of aryl methyl sites for hydroxylation is 1. The van der Waals surface area contributed by atoms with Gasteiger partial charge in [0.2, 0.25) is 0 Å². The highest BCUT2D eigenvalue weighted by molar-refractivity contribution is 7.91. The SMILES string of the molecule is COc1ccc2oc(C)c(C(=O)N[C@@H]3CCS(=O)(=O)C3)c2c1. The molecule has 2 aromatic rings. The molecule has 0 bridgehead atoms. The number of methoxy groups -OCH3 is 1. The summed E-state index contributed by atoms with van der Waals surface area (Å²) in [5.41, 5.74) is 1.03. The summed E-state index contributed by atoms with van der Waals surface area (Å²) in [6.07, 6.45) is 0.451. The Morgan fingerprint density at radius 3 is 2.82 bits per heavy atom. The summed E-state index contributed by atoms with van der Waals surface area (Å²) >= 11 is 0. The number of fused-ring (bicyclic) bond motifs is 1. The summed E-state index contributed by atoms with van der Waals surface area (Å²) in [4.78, 5) is 12.5. The Bertz CT molecular complexity index is 837. The lowest BCUT2D eigenvalue weighted by atomic mass is 10.1. The molecule has 0 radical (unpaired) electrons. The van der Waals surface area contributed by atoms with Crippen LogP contribution in [0.2, 0.25) is 0 Å². The van der Waals surface area contributed by atoms with Gasteiger partial charge in [0.15, 0.2) is 9.84 Å². The van der Waals surface area contributed by atoms with E-state index in [4.69, 9.17) is 9.15 Å². The highest BCUT2D eigenvalue weighted by Crippen LogP contribution is 2.29. The molecule has 1 amide bonds. The normalized spacial score (nSPS) is 20.2. The zero-order valence-electron chi connectivity index (χ0n) is 12.4. The molecule has 22 heavy (non-hydrogen) atoms. The monoisotopic (exact) mass is 323 g/mol. The number of amides is 1. The molecule has 1 atom stereocenters. The second kappa shape index (κ2) is 5.31. The second-order valence-electron chi connectivity index (χ2n) is 5.47. The minimum atomic E-state index is -3.03. The molecule has 1 saturated heterocycles.